The van der Waals surface area contributed by atoms with Gasteiger partial charge in [-0.3, -0.25) is 4.68 Å². The van der Waals surface area contributed by atoms with Gasteiger partial charge in [0.1, 0.15) is 5.82 Å². The van der Waals surface area contributed by atoms with Crippen LogP contribution in [0, 0.1) is 24.4 Å². The van der Waals surface area contributed by atoms with Gasteiger partial charge in [0, 0.05) is 30.9 Å². The van der Waals surface area contributed by atoms with Crippen molar-refractivity contribution in [1.29, 1.82) is 0 Å². The molecule has 0 bridgehead atoms. The first kappa shape index (κ1) is 13.6. The van der Waals surface area contributed by atoms with E-state index in [-0.39, 0.29) is 12.1 Å². The predicted octanol–water partition coefficient (Wildman–Crippen LogP) is 2.40. The Bertz CT molecular complexity index is 566. The second-order valence-corrected chi connectivity index (χ2v) is 4.32. The first-order chi connectivity index (χ1) is 9.06. The number of hydrogen-bond acceptors (Lipinski definition) is 2. The highest BCUT2D eigenvalue weighted by Gasteiger charge is 2.09. The first-order valence-corrected chi connectivity index (χ1v) is 5.89. The van der Waals surface area contributed by atoms with E-state index in [4.69, 9.17) is 0 Å². The van der Waals surface area contributed by atoms with Gasteiger partial charge in [0.15, 0.2) is 11.6 Å². The molecule has 1 N–H and O–H groups in total. The smallest absolute Gasteiger partial charge is 0.161 e. The molecule has 6 heteroatoms. The zero-order chi connectivity index (χ0) is 13.8. The van der Waals surface area contributed by atoms with Crippen LogP contribution in [0.5, 0.6) is 0 Å². The van der Waals surface area contributed by atoms with Gasteiger partial charge in [-0.25, -0.2) is 13.2 Å². The number of hydrogen-bond donors (Lipinski definition) is 1. The average Bonchev–Trinajstić information content (AvgIpc) is 2.77. The number of nitrogens with one attached hydrogen (secondary N) is 1. The highest BCUT2D eigenvalue weighted by molar-refractivity contribution is 5.19. The van der Waals surface area contributed by atoms with E-state index >= 15 is 0 Å². The highest BCUT2D eigenvalue weighted by atomic mass is 19.2. The van der Waals surface area contributed by atoms with E-state index in [1.807, 2.05) is 13.1 Å². The maximum Gasteiger partial charge on any atom is 0.161 e. The van der Waals surface area contributed by atoms with Crippen molar-refractivity contribution in [3.8, 4) is 0 Å². The topological polar surface area (TPSA) is 29.9 Å². The Morgan fingerprint density at radius 2 is 1.89 bits per heavy atom. The molecule has 0 unspecified atom stereocenters. The van der Waals surface area contributed by atoms with Crippen LogP contribution in [-0.4, -0.2) is 16.3 Å². The Balaban J connectivity index is 1.84. The van der Waals surface area contributed by atoms with Crippen molar-refractivity contribution < 1.29 is 13.2 Å². The van der Waals surface area contributed by atoms with Crippen molar-refractivity contribution in [2.75, 3.05) is 6.54 Å². The van der Waals surface area contributed by atoms with E-state index in [0.717, 1.165) is 11.6 Å². The molecule has 0 fully saturated rings. The fourth-order valence-electron chi connectivity index (χ4n) is 1.71. The monoisotopic (exact) mass is 269 g/mol. The summed E-state index contributed by atoms with van der Waals surface area (Å²) in [4.78, 5) is 0. The van der Waals surface area contributed by atoms with Crippen molar-refractivity contribution in [1.82, 2.24) is 15.1 Å². The van der Waals surface area contributed by atoms with Crippen LogP contribution in [0.15, 0.2) is 24.5 Å². The van der Waals surface area contributed by atoms with Gasteiger partial charge in [0.25, 0.3) is 0 Å². The molecule has 1 aromatic carbocycles. The van der Waals surface area contributed by atoms with E-state index in [1.54, 1.807) is 10.9 Å². The van der Waals surface area contributed by atoms with Crippen LogP contribution in [0.25, 0.3) is 0 Å². The van der Waals surface area contributed by atoms with Gasteiger partial charge in [-0.1, -0.05) is 0 Å². The molecule has 0 radical (unpaired) electrons. The zero-order valence-electron chi connectivity index (χ0n) is 10.5. The molecule has 3 nitrogen and oxygen atoms in total. The minimum Gasteiger partial charge on any atom is -0.311 e. The lowest BCUT2D eigenvalue weighted by molar-refractivity contribution is 0.484. The van der Waals surface area contributed by atoms with E-state index in [1.165, 1.54) is 0 Å². The Morgan fingerprint density at radius 1 is 1.16 bits per heavy atom. The molecule has 0 amide bonds. The van der Waals surface area contributed by atoms with Crippen molar-refractivity contribution >= 4 is 0 Å². The second kappa shape index (κ2) is 5.88. The molecule has 19 heavy (non-hydrogen) atoms. The molecule has 0 spiro atoms. The molecule has 2 aromatic rings. The maximum atomic E-state index is 13.3. The Morgan fingerprint density at radius 3 is 2.58 bits per heavy atom. The lowest BCUT2D eigenvalue weighted by Gasteiger charge is -2.07. The fourth-order valence-corrected chi connectivity index (χ4v) is 1.71. The number of aryl methyl sites for hydroxylation is 1. The van der Waals surface area contributed by atoms with Gasteiger partial charge < -0.3 is 5.32 Å². The van der Waals surface area contributed by atoms with E-state index < -0.39 is 17.5 Å². The summed E-state index contributed by atoms with van der Waals surface area (Å²) in [5, 5.41) is 7.05. The number of halogens is 3. The Labute approximate surface area is 109 Å². The average molecular weight is 269 g/mol. The summed E-state index contributed by atoms with van der Waals surface area (Å²) in [6.07, 6.45) is 3.63. The van der Waals surface area contributed by atoms with Crippen LogP contribution in [0.4, 0.5) is 13.2 Å². The second-order valence-electron chi connectivity index (χ2n) is 4.32. The summed E-state index contributed by atoms with van der Waals surface area (Å²) in [6.45, 7) is 3.26. The summed E-state index contributed by atoms with van der Waals surface area (Å²) in [5.41, 5.74) is 1.17. The summed E-state index contributed by atoms with van der Waals surface area (Å²) >= 11 is 0. The minimum atomic E-state index is -1.17. The van der Waals surface area contributed by atoms with E-state index in [2.05, 4.69) is 10.4 Å². The summed E-state index contributed by atoms with van der Waals surface area (Å²) in [6, 6.07) is 1.43. The third-order valence-electron chi connectivity index (χ3n) is 2.68. The number of benzene rings is 1. The molecule has 102 valence electrons. The highest BCUT2D eigenvalue weighted by Crippen LogP contribution is 2.13. The molecule has 0 aliphatic heterocycles. The van der Waals surface area contributed by atoms with Crippen molar-refractivity contribution in [2.45, 2.75) is 20.0 Å². The molecule has 0 atom stereocenters. The normalized spacial score (nSPS) is 10.9. The zero-order valence-corrected chi connectivity index (χ0v) is 10.5. The van der Waals surface area contributed by atoms with Crippen LogP contribution >= 0.6 is 0 Å². The third kappa shape index (κ3) is 3.57. The maximum absolute atomic E-state index is 13.3. The molecule has 0 saturated heterocycles. The van der Waals surface area contributed by atoms with Crippen molar-refractivity contribution in [3.63, 3.8) is 0 Å². The molecule has 1 heterocycles. The molecule has 0 aliphatic rings. The molecule has 2 rings (SSSR count). The molecule has 1 aromatic heterocycles. The quantitative estimate of drug-likeness (QED) is 0.667. The molecular weight excluding hydrogens is 255 g/mol. The fraction of sp³-hybridized carbons (Fsp3) is 0.308. The number of aromatic nitrogens is 2. The summed E-state index contributed by atoms with van der Waals surface area (Å²) in [7, 11) is 0. The van der Waals surface area contributed by atoms with Crippen LogP contribution < -0.4 is 5.32 Å². The number of rotatable bonds is 5. The van der Waals surface area contributed by atoms with E-state index in [9.17, 15) is 13.2 Å². The van der Waals surface area contributed by atoms with Gasteiger partial charge in [0.05, 0.1) is 12.7 Å². The first-order valence-electron chi connectivity index (χ1n) is 5.89. The minimum absolute atomic E-state index is 0.107. The number of nitrogens with zero attached hydrogens (tertiary/aromatic N) is 2. The van der Waals surface area contributed by atoms with Crippen LogP contribution in [0.3, 0.4) is 0 Å². The Hall–Kier alpha value is -1.82. The van der Waals surface area contributed by atoms with Gasteiger partial charge in [-0.2, -0.15) is 5.10 Å². The standard InChI is InChI=1S/C13H14F3N3/c1-9-6-18-19(8-9)3-2-17-7-10-4-12(15)13(16)5-11(10)14/h4-6,8,17H,2-3,7H2,1H3. The molecule has 0 saturated carbocycles. The third-order valence-corrected chi connectivity index (χ3v) is 2.68. The van der Waals surface area contributed by atoms with Crippen molar-refractivity contribution in [2.24, 2.45) is 0 Å². The molecule has 0 aliphatic carbocycles. The lowest BCUT2D eigenvalue weighted by Crippen LogP contribution is -2.20. The Kier molecular flexibility index (Phi) is 4.21. The van der Waals surface area contributed by atoms with Crippen molar-refractivity contribution in [3.05, 3.63) is 53.1 Å². The SMILES string of the molecule is Cc1cnn(CCNCc2cc(F)c(F)cc2F)c1. The lowest BCUT2D eigenvalue weighted by atomic mass is 10.2. The largest absolute Gasteiger partial charge is 0.311 e. The van der Waals surface area contributed by atoms with Crippen LogP contribution in [0.2, 0.25) is 0 Å². The predicted molar refractivity (Wildman–Crippen MR) is 65.0 cm³/mol. The van der Waals surface area contributed by atoms with Gasteiger partial charge >= 0.3 is 0 Å². The van der Waals surface area contributed by atoms with Crippen LogP contribution in [0.1, 0.15) is 11.1 Å². The van der Waals surface area contributed by atoms with Crippen LogP contribution in [-0.2, 0) is 13.1 Å². The van der Waals surface area contributed by atoms with E-state index in [0.29, 0.717) is 19.2 Å². The molecular formula is C13H14F3N3. The summed E-state index contributed by atoms with van der Waals surface area (Å²) < 4.78 is 40.8. The van der Waals surface area contributed by atoms with Gasteiger partial charge in [-0.15, -0.1) is 0 Å². The van der Waals surface area contributed by atoms with Gasteiger partial charge in [0.2, 0.25) is 0 Å². The van der Waals surface area contributed by atoms with Gasteiger partial charge in [-0.05, 0) is 18.6 Å². The summed E-state index contributed by atoms with van der Waals surface area (Å²) in [5.74, 6) is -2.96.